The van der Waals surface area contributed by atoms with Crippen LogP contribution in [0.4, 0.5) is 11.4 Å². The molecule has 0 atom stereocenters. The van der Waals surface area contributed by atoms with Crippen molar-refractivity contribution < 1.29 is 19.2 Å². The van der Waals surface area contributed by atoms with Gasteiger partial charge in [-0.05, 0) is 24.4 Å². The van der Waals surface area contributed by atoms with Crippen LogP contribution in [0.15, 0.2) is 36.4 Å². The van der Waals surface area contributed by atoms with Crippen LogP contribution in [0.5, 0.6) is 0 Å². The number of carbonyl (C=O) groups is 2. The standard InChI is InChI=1S/C18H18N4O5S/c1-2-5-21-17(24)14(16(23)19-18(21)28)11-12-10-13(22(25)26)3-4-15(12)20-6-8-27-9-7-20/h2-4,10-11H,1,5-9H2,(H,19,23,28)/b14-11+. The van der Waals surface area contributed by atoms with Gasteiger partial charge >= 0.3 is 0 Å². The summed E-state index contributed by atoms with van der Waals surface area (Å²) in [5.41, 5.74) is 0.808. The van der Waals surface area contributed by atoms with Crippen LogP contribution in [0.3, 0.4) is 0 Å². The Balaban J connectivity index is 2.06. The molecule has 0 bridgehead atoms. The lowest BCUT2D eigenvalue weighted by atomic mass is 10.0. The molecule has 0 radical (unpaired) electrons. The van der Waals surface area contributed by atoms with Gasteiger partial charge in [0.25, 0.3) is 17.5 Å². The van der Waals surface area contributed by atoms with Gasteiger partial charge in [-0.15, -0.1) is 6.58 Å². The van der Waals surface area contributed by atoms with Gasteiger partial charge in [-0.3, -0.25) is 29.9 Å². The van der Waals surface area contributed by atoms with Gasteiger partial charge in [0.2, 0.25) is 0 Å². The topological polar surface area (TPSA) is 105 Å². The second-order valence-electron chi connectivity index (χ2n) is 6.12. The zero-order valence-electron chi connectivity index (χ0n) is 14.9. The average Bonchev–Trinajstić information content (AvgIpc) is 2.69. The molecule has 146 valence electrons. The summed E-state index contributed by atoms with van der Waals surface area (Å²) >= 11 is 5.03. The van der Waals surface area contributed by atoms with Gasteiger partial charge in [-0.1, -0.05) is 6.08 Å². The van der Waals surface area contributed by atoms with E-state index in [-0.39, 0.29) is 22.9 Å². The number of non-ortho nitro benzene ring substituents is 1. The maximum absolute atomic E-state index is 12.7. The molecule has 3 rings (SSSR count). The normalized spacial score (nSPS) is 19.0. The first-order valence-electron chi connectivity index (χ1n) is 8.53. The minimum Gasteiger partial charge on any atom is -0.378 e. The number of carbonyl (C=O) groups excluding carboxylic acids is 2. The molecule has 0 aliphatic carbocycles. The van der Waals surface area contributed by atoms with E-state index in [9.17, 15) is 19.7 Å². The second-order valence-corrected chi connectivity index (χ2v) is 6.51. The summed E-state index contributed by atoms with van der Waals surface area (Å²) in [6, 6.07) is 4.37. The molecule has 0 spiro atoms. The summed E-state index contributed by atoms with van der Waals surface area (Å²) < 4.78 is 5.35. The number of nitrogens with one attached hydrogen (secondary N) is 1. The Morgan fingerprint density at radius 1 is 1.32 bits per heavy atom. The third kappa shape index (κ3) is 3.92. The fourth-order valence-corrected chi connectivity index (χ4v) is 3.26. The van der Waals surface area contributed by atoms with E-state index in [1.165, 1.54) is 29.2 Å². The fourth-order valence-electron chi connectivity index (χ4n) is 3.01. The summed E-state index contributed by atoms with van der Waals surface area (Å²) in [4.78, 5) is 39.0. The summed E-state index contributed by atoms with van der Waals surface area (Å²) in [5, 5.41) is 13.7. The van der Waals surface area contributed by atoms with Crippen molar-refractivity contribution in [3.8, 4) is 0 Å². The number of thiocarbonyl (C=S) groups is 1. The largest absolute Gasteiger partial charge is 0.378 e. The molecule has 2 aliphatic heterocycles. The molecule has 2 saturated heterocycles. The highest BCUT2D eigenvalue weighted by Gasteiger charge is 2.33. The predicted molar refractivity (Wildman–Crippen MR) is 107 cm³/mol. The maximum atomic E-state index is 12.7. The fraction of sp³-hybridized carbons (Fsp3) is 0.278. The lowest BCUT2D eigenvalue weighted by Crippen LogP contribution is -2.53. The van der Waals surface area contributed by atoms with E-state index in [1.54, 1.807) is 6.07 Å². The first-order valence-corrected chi connectivity index (χ1v) is 8.94. The van der Waals surface area contributed by atoms with E-state index >= 15 is 0 Å². The average molecular weight is 402 g/mol. The van der Waals surface area contributed by atoms with Crippen LogP contribution >= 0.6 is 12.2 Å². The SMILES string of the molecule is C=CCN1C(=O)/C(=C/c2cc([N+](=O)[O-])ccc2N2CCOCC2)C(=O)NC1=S. The van der Waals surface area contributed by atoms with E-state index in [0.717, 1.165) is 0 Å². The maximum Gasteiger partial charge on any atom is 0.270 e. The molecule has 2 aliphatic rings. The van der Waals surface area contributed by atoms with Gasteiger partial charge in [0.15, 0.2) is 5.11 Å². The van der Waals surface area contributed by atoms with Crippen LogP contribution in [0.2, 0.25) is 0 Å². The molecule has 1 N–H and O–H groups in total. The monoisotopic (exact) mass is 402 g/mol. The van der Waals surface area contributed by atoms with Crippen molar-refractivity contribution in [1.82, 2.24) is 10.2 Å². The van der Waals surface area contributed by atoms with Crippen molar-refractivity contribution in [2.24, 2.45) is 0 Å². The molecule has 10 heteroatoms. The first kappa shape index (κ1) is 19.6. The number of nitrogens with zero attached hydrogens (tertiary/aromatic N) is 3. The number of amides is 2. The van der Waals surface area contributed by atoms with Gasteiger partial charge in [0.1, 0.15) is 5.57 Å². The van der Waals surface area contributed by atoms with Crippen molar-refractivity contribution in [2.75, 3.05) is 37.7 Å². The second kappa shape index (κ2) is 8.28. The third-order valence-corrected chi connectivity index (χ3v) is 4.69. The Kier molecular flexibility index (Phi) is 5.81. The molecule has 0 aromatic heterocycles. The first-order chi connectivity index (χ1) is 13.4. The summed E-state index contributed by atoms with van der Waals surface area (Å²) in [6.07, 6.45) is 2.86. The number of hydrogen-bond acceptors (Lipinski definition) is 7. The van der Waals surface area contributed by atoms with Crippen molar-refractivity contribution in [1.29, 1.82) is 0 Å². The molecule has 1 aromatic carbocycles. The van der Waals surface area contributed by atoms with Gasteiger partial charge in [-0.25, -0.2) is 0 Å². The summed E-state index contributed by atoms with van der Waals surface area (Å²) in [6.45, 7) is 5.96. The minimum atomic E-state index is -0.644. The molecule has 28 heavy (non-hydrogen) atoms. The number of nitro benzene ring substituents is 1. The number of morpholine rings is 1. The van der Waals surface area contributed by atoms with E-state index in [2.05, 4.69) is 11.9 Å². The number of anilines is 1. The summed E-state index contributed by atoms with van der Waals surface area (Å²) in [7, 11) is 0. The highest BCUT2D eigenvalue weighted by atomic mass is 32.1. The smallest absolute Gasteiger partial charge is 0.270 e. The zero-order valence-corrected chi connectivity index (χ0v) is 15.7. The minimum absolute atomic E-state index is 0.000468. The number of rotatable bonds is 5. The van der Waals surface area contributed by atoms with Crippen molar-refractivity contribution in [3.05, 3.63) is 52.1 Å². The zero-order chi connectivity index (χ0) is 20.3. The van der Waals surface area contributed by atoms with Gasteiger partial charge < -0.3 is 9.64 Å². The Morgan fingerprint density at radius 2 is 2.04 bits per heavy atom. The van der Waals surface area contributed by atoms with Crippen molar-refractivity contribution >= 4 is 46.6 Å². The van der Waals surface area contributed by atoms with Crippen LogP contribution in [-0.4, -0.2) is 59.6 Å². The molecule has 1 aromatic rings. The Labute approximate surface area is 166 Å². The van der Waals surface area contributed by atoms with Gasteiger partial charge in [0.05, 0.1) is 18.1 Å². The number of benzene rings is 1. The van der Waals surface area contributed by atoms with Gasteiger partial charge in [0, 0.05) is 43.0 Å². The highest BCUT2D eigenvalue weighted by molar-refractivity contribution is 7.80. The molecular formula is C18H18N4O5S. The number of nitro groups is 1. The van der Waals surface area contributed by atoms with E-state index < -0.39 is 16.7 Å². The van der Waals surface area contributed by atoms with Crippen LogP contribution in [0.25, 0.3) is 6.08 Å². The van der Waals surface area contributed by atoms with Crippen molar-refractivity contribution in [2.45, 2.75) is 0 Å². The van der Waals surface area contributed by atoms with E-state index in [4.69, 9.17) is 17.0 Å². The Morgan fingerprint density at radius 3 is 2.68 bits per heavy atom. The molecule has 2 fully saturated rings. The molecule has 2 heterocycles. The Bertz CT molecular complexity index is 892. The van der Waals surface area contributed by atoms with Gasteiger partial charge in [-0.2, -0.15) is 0 Å². The van der Waals surface area contributed by atoms with E-state index in [1.807, 2.05) is 4.90 Å². The van der Waals surface area contributed by atoms with Crippen LogP contribution in [0.1, 0.15) is 5.56 Å². The number of hydrogen-bond donors (Lipinski definition) is 1. The molecule has 9 nitrogen and oxygen atoms in total. The lowest BCUT2D eigenvalue weighted by Gasteiger charge is -2.31. The predicted octanol–water partition coefficient (Wildman–Crippen LogP) is 1.24. The number of ether oxygens (including phenoxy) is 1. The van der Waals surface area contributed by atoms with Crippen molar-refractivity contribution in [3.63, 3.8) is 0 Å². The lowest BCUT2D eigenvalue weighted by molar-refractivity contribution is -0.384. The highest BCUT2D eigenvalue weighted by Crippen LogP contribution is 2.29. The molecule has 2 amide bonds. The van der Waals surface area contributed by atoms with Crippen LogP contribution in [-0.2, 0) is 14.3 Å². The van der Waals surface area contributed by atoms with Crippen LogP contribution in [0, 0.1) is 10.1 Å². The molecule has 0 saturated carbocycles. The molecular weight excluding hydrogens is 384 g/mol. The summed E-state index contributed by atoms with van der Waals surface area (Å²) in [5.74, 6) is -1.22. The quantitative estimate of drug-likeness (QED) is 0.197. The van der Waals surface area contributed by atoms with Crippen LogP contribution < -0.4 is 10.2 Å². The third-order valence-electron chi connectivity index (χ3n) is 4.37. The van der Waals surface area contributed by atoms with E-state index in [0.29, 0.717) is 37.6 Å². The Hall–Kier alpha value is -3.11. The molecule has 0 unspecified atom stereocenters.